The number of hydrogen-bond acceptors (Lipinski definition) is 3. The number of Topliss-reactive ketones (excluding diaryl/α,β-unsaturated/α-hetero) is 3. The second kappa shape index (κ2) is 8.34. The average Bonchev–Trinajstić information content (AvgIpc) is 2.58. The van der Waals surface area contributed by atoms with Crippen LogP contribution in [0.15, 0.2) is 60.7 Å². The highest BCUT2D eigenvalue weighted by Gasteiger charge is 2.30. The van der Waals surface area contributed by atoms with Gasteiger partial charge < -0.3 is 0 Å². The number of benzene rings is 2. The van der Waals surface area contributed by atoms with Crippen LogP contribution < -0.4 is 0 Å². The third-order valence-electron chi connectivity index (χ3n) is 4.07. The van der Waals surface area contributed by atoms with Crippen LogP contribution in [0.25, 0.3) is 0 Å². The smallest absolute Gasteiger partial charge is 0.148 e. The molecule has 0 bridgehead atoms. The molecule has 0 radical (unpaired) electrons. The Bertz CT molecular complexity index is 643. The topological polar surface area (TPSA) is 51.2 Å². The van der Waals surface area contributed by atoms with Crippen LogP contribution in [0, 0.1) is 0 Å². The van der Waals surface area contributed by atoms with E-state index in [1.54, 1.807) is 0 Å². The van der Waals surface area contributed by atoms with Crippen molar-refractivity contribution in [2.75, 3.05) is 0 Å². The van der Waals surface area contributed by atoms with E-state index >= 15 is 0 Å². The van der Waals surface area contributed by atoms with Crippen LogP contribution in [0.4, 0.5) is 0 Å². The molecule has 0 saturated carbocycles. The maximum atomic E-state index is 13.2. The molecular formula is C21H22O3. The van der Waals surface area contributed by atoms with Gasteiger partial charge in [-0.05, 0) is 25.0 Å². The number of hydrogen-bond donors (Lipinski definition) is 0. The van der Waals surface area contributed by atoms with Gasteiger partial charge in [0.25, 0.3) is 0 Å². The summed E-state index contributed by atoms with van der Waals surface area (Å²) in [5, 5.41) is 0. The highest BCUT2D eigenvalue weighted by Crippen LogP contribution is 2.31. The molecule has 0 heterocycles. The van der Waals surface area contributed by atoms with E-state index in [-0.39, 0.29) is 30.2 Å². The van der Waals surface area contributed by atoms with Crippen molar-refractivity contribution in [3.05, 3.63) is 71.8 Å². The second-order valence-corrected chi connectivity index (χ2v) is 6.14. The molecule has 3 nitrogen and oxygen atoms in total. The Morgan fingerprint density at radius 2 is 1.00 bits per heavy atom. The lowest BCUT2D eigenvalue weighted by Gasteiger charge is -2.22. The molecule has 2 aromatic rings. The van der Waals surface area contributed by atoms with Gasteiger partial charge in [-0.1, -0.05) is 60.7 Å². The standard InChI is InChI=1S/C21H22O3/c1-15(22)13-19(17-9-5-3-6-10-17)21(24)20(14-16(2)23)18-11-7-4-8-12-18/h3-12,19-20H,13-14H2,1-2H3/t19-,20-/m1/s1. The second-order valence-electron chi connectivity index (χ2n) is 6.14. The van der Waals surface area contributed by atoms with Gasteiger partial charge in [0.2, 0.25) is 0 Å². The Kier molecular flexibility index (Phi) is 6.19. The molecule has 0 unspecified atom stereocenters. The van der Waals surface area contributed by atoms with Crippen LogP contribution in [-0.4, -0.2) is 17.3 Å². The van der Waals surface area contributed by atoms with Crippen LogP contribution in [-0.2, 0) is 14.4 Å². The van der Waals surface area contributed by atoms with Gasteiger partial charge in [0.15, 0.2) is 0 Å². The Labute approximate surface area is 142 Å². The summed E-state index contributed by atoms with van der Waals surface area (Å²) in [5.41, 5.74) is 1.64. The van der Waals surface area contributed by atoms with Crippen molar-refractivity contribution in [2.45, 2.75) is 38.5 Å². The van der Waals surface area contributed by atoms with Crippen LogP contribution in [0.1, 0.15) is 49.7 Å². The van der Waals surface area contributed by atoms with E-state index in [1.807, 2.05) is 60.7 Å². The highest BCUT2D eigenvalue weighted by molar-refractivity contribution is 5.97. The molecule has 2 aromatic carbocycles. The number of carbonyl (C=O) groups is 3. The summed E-state index contributed by atoms with van der Waals surface area (Å²) < 4.78 is 0. The van der Waals surface area contributed by atoms with Gasteiger partial charge in [0.05, 0.1) is 11.8 Å². The number of ketones is 3. The quantitative estimate of drug-likeness (QED) is 0.736. The minimum Gasteiger partial charge on any atom is -0.300 e. The Morgan fingerprint density at radius 3 is 1.29 bits per heavy atom. The minimum absolute atomic E-state index is 0.0353. The monoisotopic (exact) mass is 322 g/mol. The lowest BCUT2D eigenvalue weighted by Crippen LogP contribution is -2.24. The first kappa shape index (κ1) is 17.8. The summed E-state index contributed by atoms with van der Waals surface area (Å²) in [5.74, 6) is -1.18. The maximum absolute atomic E-state index is 13.2. The summed E-state index contributed by atoms with van der Waals surface area (Å²) in [6.45, 7) is 2.98. The zero-order valence-corrected chi connectivity index (χ0v) is 14.1. The molecule has 0 aliphatic rings. The van der Waals surface area contributed by atoms with Crippen molar-refractivity contribution in [1.29, 1.82) is 0 Å². The predicted octanol–water partition coefficient (Wildman–Crippen LogP) is 4.08. The molecule has 24 heavy (non-hydrogen) atoms. The third-order valence-corrected chi connectivity index (χ3v) is 4.07. The largest absolute Gasteiger partial charge is 0.300 e. The molecule has 2 rings (SSSR count). The summed E-state index contributed by atoms with van der Waals surface area (Å²) in [6, 6.07) is 18.6. The van der Waals surface area contributed by atoms with Crippen molar-refractivity contribution < 1.29 is 14.4 Å². The van der Waals surface area contributed by atoms with Gasteiger partial charge in [-0.15, -0.1) is 0 Å². The van der Waals surface area contributed by atoms with E-state index in [4.69, 9.17) is 0 Å². The van der Waals surface area contributed by atoms with Gasteiger partial charge in [-0.2, -0.15) is 0 Å². The summed E-state index contributed by atoms with van der Waals surface area (Å²) >= 11 is 0. The fraction of sp³-hybridized carbons (Fsp3) is 0.286. The molecule has 0 fully saturated rings. The Hall–Kier alpha value is -2.55. The van der Waals surface area contributed by atoms with Crippen molar-refractivity contribution in [3.8, 4) is 0 Å². The fourth-order valence-corrected chi connectivity index (χ4v) is 2.95. The van der Waals surface area contributed by atoms with Crippen molar-refractivity contribution in [3.63, 3.8) is 0 Å². The summed E-state index contributed by atoms with van der Waals surface area (Å²) in [6.07, 6.45) is 0.314. The first-order valence-corrected chi connectivity index (χ1v) is 8.11. The third kappa shape index (κ3) is 4.72. The predicted molar refractivity (Wildman–Crippen MR) is 94.0 cm³/mol. The fourth-order valence-electron chi connectivity index (χ4n) is 2.95. The summed E-state index contributed by atoms with van der Waals surface area (Å²) in [4.78, 5) is 36.6. The average molecular weight is 322 g/mol. The molecule has 2 atom stereocenters. The van der Waals surface area contributed by atoms with E-state index in [2.05, 4.69) is 0 Å². The molecular weight excluding hydrogens is 300 g/mol. The number of rotatable bonds is 8. The van der Waals surface area contributed by atoms with E-state index in [0.717, 1.165) is 11.1 Å². The normalized spacial score (nSPS) is 13.1. The van der Waals surface area contributed by atoms with Crippen molar-refractivity contribution in [2.24, 2.45) is 0 Å². The first-order chi connectivity index (χ1) is 11.5. The van der Waals surface area contributed by atoms with Gasteiger partial charge in [0, 0.05) is 12.8 Å². The molecule has 124 valence electrons. The lowest BCUT2D eigenvalue weighted by molar-refractivity contribution is -0.127. The molecule has 0 N–H and O–H groups in total. The van der Waals surface area contributed by atoms with Crippen LogP contribution in [0.3, 0.4) is 0 Å². The molecule has 0 aliphatic carbocycles. The SMILES string of the molecule is CC(=O)C[C@@H](C(=O)[C@H](CC(C)=O)c1ccccc1)c1ccccc1. The van der Waals surface area contributed by atoms with Gasteiger partial charge >= 0.3 is 0 Å². The van der Waals surface area contributed by atoms with Crippen molar-refractivity contribution >= 4 is 17.3 Å². The zero-order valence-electron chi connectivity index (χ0n) is 14.1. The zero-order chi connectivity index (χ0) is 17.5. The highest BCUT2D eigenvalue weighted by atomic mass is 16.1. The Balaban J connectivity index is 2.40. The molecule has 0 amide bonds. The molecule has 3 heteroatoms. The van der Waals surface area contributed by atoms with Gasteiger partial charge in [-0.3, -0.25) is 14.4 Å². The van der Waals surface area contributed by atoms with Crippen LogP contribution in [0.5, 0.6) is 0 Å². The molecule has 0 aliphatic heterocycles. The lowest BCUT2D eigenvalue weighted by atomic mass is 9.79. The molecule has 0 aromatic heterocycles. The van der Waals surface area contributed by atoms with E-state index in [0.29, 0.717) is 0 Å². The van der Waals surface area contributed by atoms with E-state index < -0.39 is 11.8 Å². The van der Waals surface area contributed by atoms with Crippen molar-refractivity contribution in [1.82, 2.24) is 0 Å². The first-order valence-electron chi connectivity index (χ1n) is 8.11. The molecule has 0 spiro atoms. The van der Waals surface area contributed by atoms with E-state index in [9.17, 15) is 14.4 Å². The van der Waals surface area contributed by atoms with E-state index in [1.165, 1.54) is 13.8 Å². The minimum atomic E-state index is -0.520. The maximum Gasteiger partial charge on any atom is 0.148 e. The summed E-state index contributed by atoms with van der Waals surface area (Å²) in [7, 11) is 0. The van der Waals surface area contributed by atoms with Gasteiger partial charge in [0.1, 0.15) is 17.3 Å². The number of carbonyl (C=O) groups excluding carboxylic acids is 3. The van der Waals surface area contributed by atoms with Gasteiger partial charge in [-0.25, -0.2) is 0 Å². The Morgan fingerprint density at radius 1 is 0.667 bits per heavy atom. The van der Waals surface area contributed by atoms with Crippen LogP contribution >= 0.6 is 0 Å². The van der Waals surface area contributed by atoms with Crippen LogP contribution in [0.2, 0.25) is 0 Å². The molecule has 0 saturated heterocycles.